The van der Waals surface area contributed by atoms with Crippen molar-refractivity contribution in [1.82, 2.24) is 0 Å². The van der Waals surface area contributed by atoms with Crippen LogP contribution in [-0.2, 0) is 4.74 Å². The molecule has 1 nitrogen and oxygen atoms in total. The molecule has 1 aliphatic rings. The highest BCUT2D eigenvalue weighted by molar-refractivity contribution is 5.07. The molecule has 1 heterocycles. The number of rotatable bonds is 7. The van der Waals surface area contributed by atoms with E-state index >= 15 is 0 Å². The van der Waals surface area contributed by atoms with Gasteiger partial charge in [-0.2, -0.15) is 0 Å². The van der Waals surface area contributed by atoms with Gasteiger partial charge in [-0.15, -0.1) is 0 Å². The molecule has 0 radical (unpaired) electrons. The van der Waals surface area contributed by atoms with Crippen LogP contribution >= 0.6 is 0 Å². The van der Waals surface area contributed by atoms with E-state index in [4.69, 9.17) is 4.74 Å². The molecule has 0 amide bonds. The Hall–Kier alpha value is -0.720. The van der Waals surface area contributed by atoms with Crippen molar-refractivity contribution in [3.63, 3.8) is 0 Å². The molecular formula is C13H22O. The fraction of sp³-hybridized carbons (Fsp3) is 0.692. The molecule has 0 bridgehead atoms. The molecule has 80 valence electrons. The summed E-state index contributed by atoms with van der Waals surface area (Å²) in [6.45, 7) is 2.26. The Morgan fingerprint density at radius 3 is 2.50 bits per heavy atom. The van der Waals surface area contributed by atoms with Crippen LogP contribution in [0.3, 0.4) is 0 Å². The maximum atomic E-state index is 5.44. The summed E-state index contributed by atoms with van der Waals surface area (Å²) in [7, 11) is 0. The lowest BCUT2D eigenvalue weighted by molar-refractivity contribution is 0.170. The third kappa shape index (κ3) is 5.11. The predicted octanol–water partition coefficient (Wildman–Crippen LogP) is 4.21. The van der Waals surface area contributed by atoms with Gasteiger partial charge in [0.05, 0.1) is 6.26 Å². The fourth-order valence-corrected chi connectivity index (χ4v) is 1.72. The molecule has 0 aromatic heterocycles. The van der Waals surface area contributed by atoms with Crippen LogP contribution in [0.1, 0.15) is 51.9 Å². The zero-order valence-electron chi connectivity index (χ0n) is 9.24. The Kier molecular flexibility index (Phi) is 6.21. The van der Waals surface area contributed by atoms with Gasteiger partial charge >= 0.3 is 0 Å². The first-order valence-electron chi connectivity index (χ1n) is 5.92. The van der Waals surface area contributed by atoms with Gasteiger partial charge < -0.3 is 4.74 Å². The minimum atomic E-state index is 0.339. The van der Waals surface area contributed by atoms with E-state index in [1.54, 1.807) is 6.26 Å². The Bertz CT molecular complexity index is 182. The van der Waals surface area contributed by atoms with Crippen molar-refractivity contribution in [2.75, 3.05) is 0 Å². The standard InChI is InChI=1S/C13H22O/c1-2-3-4-5-6-7-10-13-11-8-9-12-14-13/h8-9,11-13H,2-7,10H2,1H3/t13-/m1/s1. The van der Waals surface area contributed by atoms with Crippen LogP contribution in [-0.4, -0.2) is 6.10 Å². The van der Waals surface area contributed by atoms with E-state index in [1.165, 1.54) is 44.9 Å². The topological polar surface area (TPSA) is 9.23 Å². The molecule has 0 aromatic carbocycles. The van der Waals surface area contributed by atoms with Gasteiger partial charge in [0.25, 0.3) is 0 Å². The minimum absolute atomic E-state index is 0.339. The zero-order valence-corrected chi connectivity index (χ0v) is 9.24. The summed E-state index contributed by atoms with van der Waals surface area (Å²) in [4.78, 5) is 0. The number of hydrogen-bond donors (Lipinski definition) is 0. The van der Waals surface area contributed by atoms with Gasteiger partial charge in [0.2, 0.25) is 0 Å². The van der Waals surface area contributed by atoms with Gasteiger partial charge in [-0.05, 0) is 25.0 Å². The maximum Gasteiger partial charge on any atom is 0.116 e. The highest BCUT2D eigenvalue weighted by atomic mass is 16.5. The van der Waals surface area contributed by atoms with Crippen molar-refractivity contribution in [3.8, 4) is 0 Å². The highest BCUT2D eigenvalue weighted by Crippen LogP contribution is 2.13. The van der Waals surface area contributed by atoms with E-state index in [-0.39, 0.29) is 0 Å². The summed E-state index contributed by atoms with van der Waals surface area (Å²) >= 11 is 0. The molecule has 0 aliphatic carbocycles. The highest BCUT2D eigenvalue weighted by Gasteiger charge is 2.04. The molecule has 1 aliphatic heterocycles. The smallest absolute Gasteiger partial charge is 0.116 e. The minimum Gasteiger partial charge on any atom is -0.494 e. The van der Waals surface area contributed by atoms with E-state index in [1.807, 2.05) is 6.08 Å². The summed E-state index contributed by atoms with van der Waals surface area (Å²) in [6, 6.07) is 0. The first-order valence-corrected chi connectivity index (χ1v) is 5.92. The lowest BCUT2D eigenvalue weighted by Gasteiger charge is -2.14. The second-order valence-electron chi connectivity index (χ2n) is 3.94. The van der Waals surface area contributed by atoms with E-state index < -0.39 is 0 Å². The van der Waals surface area contributed by atoms with Crippen molar-refractivity contribution in [2.24, 2.45) is 0 Å². The molecule has 14 heavy (non-hydrogen) atoms. The molecule has 0 fully saturated rings. The van der Waals surface area contributed by atoms with Crippen LogP contribution in [0.5, 0.6) is 0 Å². The first kappa shape index (κ1) is 11.4. The third-order valence-electron chi connectivity index (χ3n) is 2.61. The van der Waals surface area contributed by atoms with Crippen molar-refractivity contribution in [1.29, 1.82) is 0 Å². The van der Waals surface area contributed by atoms with E-state index in [9.17, 15) is 0 Å². The summed E-state index contributed by atoms with van der Waals surface area (Å²) in [5.74, 6) is 0. The van der Waals surface area contributed by atoms with E-state index in [0.717, 1.165) is 0 Å². The average Bonchev–Trinajstić information content (AvgIpc) is 2.25. The molecule has 1 atom stereocenters. The number of unbranched alkanes of at least 4 members (excludes halogenated alkanes) is 5. The van der Waals surface area contributed by atoms with Gasteiger partial charge in [-0.3, -0.25) is 0 Å². The Morgan fingerprint density at radius 2 is 1.79 bits per heavy atom. The SMILES string of the molecule is CCCCCCCC[C@@H]1C=CC=CO1. The van der Waals surface area contributed by atoms with Crippen molar-refractivity contribution < 1.29 is 4.74 Å². The van der Waals surface area contributed by atoms with Crippen LogP contribution in [0.15, 0.2) is 24.5 Å². The molecular weight excluding hydrogens is 172 g/mol. The maximum absolute atomic E-state index is 5.44. The summed E-state index contributed by atoms with van der Waals surface area (Å²) in [6.07, 6.45) is 17.6. The average molecular weight is 194 g/mol. The van der Waals surface area contributed by atoms with Gasteiger partial charge in [-0.25, -0.2) is 0 Å². The molecule has 1 heteroatoms. The molecule has 0 spiro atoms. The van der Waals surface area contributed by atoms with Crippen molar-refractivity contribution in [2.45, 2.75) is 58.0 Å². The van der Waals surface area contributed by atoms with Crippen LogP contribution in [0.4, 0.5) is 0 Å². The van der Waals surface area contributed by atoms with E-state index in [2.05, 4.69) is 19.1 Å². The Morgan fingerprint density at radius 1 is 1.00 bits per heavy atom. The van der Waals surface area contributed by atoms with Crippen LogP contribution in [0, 0.1) is 0 Å². The summed E-state index contributed by atoms with van der Waals surface area (Å²) in [5.41, 5.74) is 0. The number of hydrogen-bond acceptors (Lipinski definition) is 1. The molecule has 0 saturated heterocycles. The largest absolute Gasteiger partial charge is 0.494 e. The summed E-state index contributed by atoms with van der Waals surface area (Å²) < 4.78 is 5.44. The third-order valence-corrected chi connectivity index (χ3v) is 2.61. The van der Waals surface area contributed by atoms with Gasteiger partial charge in [0.15, 0.2) is 0 Å². The second-order valence-corrected chi connectivity index (χ2v) is 3.94. The lowest BCUT2D eigenvalue weighted by Crippen LogP contribution is -2.07. The second kappa shape index (κ2) is 7.66. The Balaban J connectivity index is 1.88. The molecule has 0 aromatic rings. The molecule has 0 N–H and O–H groups in total. The van der Waals surface area contributed by atoms with Crippen LogP contribution < -0.4 is 0 Å². The first-order chi connectivity index (χ1) is 6.93. The number of allylic oxidation sites excluding steroid dienone is 2. The number of ether oxygens (including phenoxy) is 1. The molecule has 0 saturated carbocycles. The Labute approximate surface area is 87.8 Å². The summed E-state index contributed by atoms with van der Waals surface area (Å²) in [5, 5.41) is 0. The fourth-order valence-electron chi connectivity index (χ4n) is 1.72. The molecule has 0 unspecified atom stereocenters. The van der Waals surface area contributed by atoms with E-state index in [0.29, 0.717) is 6.10 Å². The van der Waals surface area contributed by atoms with Crippen LogP contribution in [0.25, 0.3) is 0 Å². The van der Waals surface area contributed by atoms with Gasteiger partial charge in [0.1, 0.15) is 6.10 Å². The van der Waals surface area contributed by atoms with Gasteiger partial charge in [-0.1, -0.05) is 45.1 Å². The van der Waals surface area contributed by atoms with Crippen LogP contribution in [0.2, 0.25) is 0 Å². The quantitative estimate of drug-likeness (QED) is 0.552. The monoisotopic (exact) mass is 194 g/mol. The zero-order chi connectivity index (χ0) is 10.1. The lowest BCUT2D eigenvalue weighted by atomic mass is 10.1. The van der Waals surface area contributed by atoms with Crippen molar-refractivity contribution in [3.05, 3.63) is 24.5 Å². The normalized spacial score (nSPS) is 19.6. The molecule has 1 rings (SSSR count). The predicted molar refractivity (Wildman–Crippen MR) is 61.1 cm³/mol. The van der Waals surface area contributed by atoms with Gasteiger partial charge in [0, 0.05) is 0 Å². The van der Waals surface area contributed by atoms with Crippen molar-refractivity contribution >= 4 is 0 Å².